The third-order valence-electron chi connectivity index (χ3n) is 3.44. The minimum Gasteiger partial charge on any atom is -0.478 e. The van der Waals surface area contributed by atoms with Crippen molar-refractivity contribution in [3.8, 4) is 0 Å². The summed E-state index contributed by atoms with van der Waals surface area (Å²) in [6, 6.07) is 11.1. The standard InChI is InChI=1S/C17H15FO4S/c1-11(12-5-9-15(10-6-12)23(2,21)22)16(17(19)20)13-3-7-14(18)8-4-13/h3-10H,1-2H3,(H,19,20). The second-order valence-corrected chi connectivity index (χ2v) is 7.12. The Morgan fingerprint density at radius 2 is 1.43 bits per heavy atom. The van der Waals surface area contributed by atoms with E-state index in [4.69, 9.17) is 0 Å². The van der Waals surface area contributed by atoms with Crippen LogP contribution in [0.25, 0.3) is 11.1 Å². The largest absolute Gasteiger partial charge is 0.478 e. The third-order valence-corrected chi connectivity index (χ3v) is 4.57. The number of hydrogen-bond donors (Lipinski definition) is 1. The number of carbonyl (C=O) groups is 1. The molecule has 1 N–H and O–H groups in total. The molecule has 6 heteroatoms. The zero-order valence-corrected chi connectivity index (χ0v) is 13.4. The number of sulfone groups is 1. The summed E-state index contributed by atoms with van der Waals surface area (Å²) in [6.07, 6.45) is 1.10. The molecular formula is C17H15FO4S. The molecule has 0 saturated heterocycles. The van der Waals surface area contributed by atoms with Gasteiger partial charge < -0.3 is 5.11 Å². The van der Waals surface area contributed by atoms with Crippen molar-refractivity contribution < 1.29 is 22.7 Å². The minimum atomic E-state index is -3.31. The van der Waals surface area contributed by atoms with Crippen molar-refractivity contribution in [2.24, 2.45) is 0 Å². The molecule has 2 aromatic carbocycles. The molecule has 2 aromatic rings. The van der Waals surface area contributed by atoms with Crippen LogP contribution in [0.1, 0.15) is 18.1 Å². The smallest absolute Gasteiger partial charge is 0.336 e. The summed E-state index contributed by atoms with van der Waals surface area (Å²) in [7, 11) is -3.31. The lowest BCUT2D eigenvalue weighted by Crippen LogP contribution is -2.03. The number of halogens is 1. The molecule has 2 rings (SSSR count). The topological polar surface area (TPSA) is 71.4 Å². The average Bonchev–Trinajstić information content (AvgIpc) is 2.48. The molecule has 0 heterocycles. The number of aliphatic carboxylic acids is 1. The Kier molecular flexibility index (Phi) is 4.65. The summed E-state index contributed by atoms with van der Waals surface area (Å²) in [5.74, 6) is -1.59. The van der Waals surface area contributed by atoms with E-state index in [-0.39, 0.29) is 10.5 Å². The van der Waals surface area contributed by atoms with Gasteiger partial charge in [-0.25, -0.2) is 17.6 Å². The van der Waals surface area contributed by atoms with Crippen molar-refractivity contribution >= 4 is 27.0 Å². The zero-order valence-electron chi connectivity index (χ0n) is 12.6. The van der Waals surface area contributed by atoms with E-state index < -0.39 is 21.6 Å². The van der Waals surface area contributed by atoms with E-state index in [0.29, 0.717) is 16.7 Å². The van der Waals surface area contributed by atoms with Gasteiger partial charge in [-0.05, 0) is 47.9 Å². The molecule has 0 fully saturated rings. The molecule has 0 aromatic heterocycles. The summed E-state index contributed by atoms with van der Waals surface area (Å²) < 4.78 is 35.9. The van der Waals surface area contributed by atoms with Gasteiger partial charge in [0.05, 0.1) is 10.5 Å². The Balaban J connectivity index is 2.55. The highest BCUT2D eigenvalue weighted by atomic mass is 32.2. The number of carboxylic acid groups (broad SMARTS) is 1. The lowest BCUT2D eigenvalue weighted by Gasteiger charge is -2.10. The van der Waals surface area contributed by atoms with Gasteiger partial charge >= 0.3 is 5.97 Å². The average molecular weight is 334 g/mol. The quantitative estimate of drug-likeness (QED) is 0.688. The van der Waals surface area contributed by atoms with E-state index in [2.05, 4.69) is 0 Å². The number of carboxylic acids is 1. The molecule has 120 valence electrons. The molecule has 0 unspecified atom stereocenters. The van der Waals surface area contributed by atoms with E-state index >= 15 is 0 Å². The molecule has 0 aliphatic carbocycles. The first-order valence-electron chi connectivity index (χ1n) is 6.71. The molecule has 0 spiro atoms. The predicted molar refractivity (Wildman–Crippen MR) is 86.1 cm³/mol. The Morgan fingerprint density at radius 3 is 1.87 bits per heavy atom. The monoisotopic (exact) mass is 334 g/mol. The summed E-state index contributed by atoms with van der Waals surface area (Å²) >= 11 is 0. The zero-order chi connectivity index (χ0) is 17.2. The van der Waals surface area contributed by atoms with Gasteiger partial charge in [-0.2, -0.15) is 0 Å². The number of benzene rings is 2. The van der Waals surface area contributed by atoms with E-state index in [1.807, 2.05) is 0 Å². The Morgan fingerprint density at radius 1 is 0.957 bits per heavy atom. The van der Waals surface area contributed by atoms with Crippen molar-refractivity contribution in [3.05, 3.63) is 65.5 Å². The van der Waals surface area contributed by atoms with Crippen LogP contribution in [0.3, 0.4) is 0 Å². The summed E-state index contributed by atoms with van der Waals surface area (Å²) in [6.45, 7) is 1.63. The van der Waals surface area contributed by atoms with Crippen LogP contribution in [-0.4, -0.2) is 25.7 Å². The molecule has 0 aliphatic heterocycles. The van der Waals surface area contributed by atoms with Gasteiger partial charge in [0.2, 0.25) is 0 Å². The van der Waals surface area contributed by atoms with Crippen LogP contribution < -0.4 is 0 Å². The lowest BCUT2D eigenvalue weighted by atomic mass is 9.96. The second-order valence-electron chi connectivity index (χ2n) is 5.11. The number of hydrogen-bond acceptors (Lipinski definition) is 3. The molecule has 23 heavy (non-hydrogen) atoms. The Hall–Kier alpha value is -2.47. The van der Waals surface area contributed by atoms with Gasteiger partial charge in [-0.15, -0.1) is 0 Å². The van der Waals surface area contributed by atoms with Crippen LogP contribution >= 0.6 is 0 Å². The van der Waals surface area contributed by atoms with Crippen LogP contribution in [0, 0.1) is 5.82 Å². The molecular weight excluding hydrogens is 319 g/mol. The maximum atomic E-state index is 13.0. The first kappa shape index (κ1) is 16.9. The second kappa shape index (κ2) is 6.34. The highest BCUT2D eigenvalue weighted by molar-refractivity contribution is 7.90. The van der Waals surface area contributed by atoms with Crippen molar-refractivity contribution in [1.82, 2.24) is 0 Å². The highest BCUT2D eigenvalue weighted by Crippen LogP contribution is 2.27. The van der Waals surface area contributed by atoms with Gasteiger partial charge in [-0.1, -0.05) is 24.3 Å². The predicted octanol–water partition coefficient (Wildman–Crippen LogP) is 3.24. The van der Waals surface area contributed by atoms with Gasteiger partial charge in [0.1, 0.15) is 5.82 Å². The SMILES string of the molecule is CC(=C(C(=O)O)c1ccc(F)cc1)c1ccc(S(C)(=O)=O)cc1. The molecule has 4 nitrogen and oxygen atoms in total. The summed E-state index contributed by atoms with van der Waals surface area (Å²) in [4.78, 5) is 11.7. The first-order chi connectivity index (χ1) is 10.7. The van der Waals surface area contributed by atoms with Gasteiger partial charge in [0.15, 0.2) is 9.84 Å². The van der Waals surface area contributed by atoms with Crippen LogP contribution in [0.4, 0.5) is 4.39 Å². The van der Waals surface area contributed by atoms with Crippen molar-refractivity contribution in [1.29, 1.82) is 0 Å². The first-order valence-corrected chi connectivity index (χ1v) is 8.60. The van der Waals surface area contributed by atoms with Crippen molar-refractivity contribution in [2.45, 2.75) is 11.8 Å². The third kappa shape index (κ3) is 3.84. The normalized spacial score (nSPS) is 12.7. The molecule has 0 atom stereocenters. The summed E-state index contributed by atoms with van der Waals surface area (Å²) in [5, 5.41) is 9.46. The van der Waals surface area contributed by atoms with Gasteiger partial charge in [-0.3, -0.25) is 0 Å². The molecule has 0 radical (unpaired) electrons. The highest BCUT2D eigenvalue weighted by Gasteiger charge is 2.16. The van der Waals surface area contributed by atoms with E-state index in [9.17, 15) is 22.7 Å². The maximum absolute atomic E-state index is 13.0. The minimum absolute atomic E-state index is 0.0390. The fraction of sp³-hybridized carbons (Fsp3) is 0.118. The molecule has 0 aliphatic rings. The maximum Gasteiger partial charge on any atom is 0.336 e. The van der Waals surface area contributed by atoms with E-state index in [0.717, 1.165) is 6.26 Å². The van der Waals surface area contributed by atoms with Crippen LogP contribution in [0.15, 0.2) is 53.4 Å². The van der Waals surface area contributed by atoms with E-state index in [1.165, 1.54) is 36.4 Å². The Labute approximate surface area is 133 Å². The Bertz CT molecular complexity index is 864. The molecule has 0 bridgehead atoms. The van der Waals surface area contributed by atoms with Gasteiger partial charge in [0, 0.05) is 6.26 Å². The van der Waals surface area contributed by atoms with Crippen LogP contribution in [0.5, 0.6) is 0 Å². The van der Waals surface area contributed by atoms with Crippen LogP contribution in [-0.2, 0) is 14.6 Å². The summed E-state index contributed by atoms with van der Waals surface area (Å²) in [5.41, 5.74) is 1.46. The fourth-order valence-electron chi connectivity index (χ4n) is 2.21. The number of rotatable bonds is 4. The fourth-order valence-corrected chi connectivity index (χ4v) is 2.84. The van der Waals surface area contributed by atoms with Crippen molar-refractivity contribution in [2.75, 3.05) is 6.26 Å². The van der Waals surface area contributed by atoms with E-state index in [1.54, 1.807) is 19.1 Å². The number of allylic oxidation sites excluding steroid dienone is 1. The van der Waals surface area contributed by atoms with Crippen molar-refractivity contribution in [3.63, 3.8) is 0 Å². The van der Waals surface area contributed by atoms with Gasteiger partial charge in [0.25, 0.3) is 0 Å². The molecule has 0 amide bonds. The van der Waals surface area contributed by atoms with Crippen LogP contribution in [0.2, 0.25) is 0 Å². The lowest BCUT2D eigenvalue weighted by molar-refractivity contribution is -0.130. The molecule has 0 saturated carbocycles.